The lowest BCUT2D eigenvalue weighted by atomic mass is 9.78. The largest absolute Gasteiger partial charge is 0.507 e. The van der Waals surface area contributed by atoms with Crippen molar-refractivity contribution in [2.45, 2.75) is 5.25 Å². The molecular formula is C20H13NO7S. The van der Waals surface area contributed by atoms with Crippen molar-refractivity contribution in [3.63, 3.8) is 0 Å². The molecule has 0 aliphatic heterocycles. The first-order valence-corrected chi connectivity index (χ1v) is 9.86. The summed E-state index contributed by atoms with van der Waals surface area (Å²) in [7, 11) is -5.09. The molecule has 0 spiro atoms. The van der Waals surface area contributed by atoms with E-state index >= 15 is 0 Å². The third-order valence-electron chi connectivity index (χ3n) is 4.92. The molecule has 1 aliphatic carbocycles. The Kier molecular flexibility index (Phi) is 4.03. The number of benzene rings is 3. The van der Waals surface area contributed by atoms with Gasteiger partial charge >= 0.3 is 0 Å². The van der Waals surface area contributed by atoms with Gasteiger partial charge in [-0.1, -0.05) is 48.5 Å². The topological polar surface area (TPSA) is 152 Å². The summed E-state index contributed by atoms with van der Waals surface area (Å²) in [5.41, 5.74) is 3.94. The van der Waals surface area contributed by atoms with Crippen molar-refractivity contribution in [2.75, 3.05) is 0 Å². The zero-order valence-electron chi connectivity index (χ0n) is 14.6. The molecule has 0 radical (unpaired) electrons. The van der Waals surface area contributed by atoms with Gasteiger partial charge in [-0.05, 0) is 5.39 Å². The molecule has 0 saturated carbocycles. The molecule has 0 bridgehead atoms. The van der Waals surface area contributed by atoms with Crippen LogP contribution in [-0.2, 0) is 14.9 Å². The number of amides is 1. The number of hydrogen-bond acceptors (Lipinski definition) is 6. The van der Waals surface area contributed by atoms with Crippen LogP contribution in [0.2, 0.25) is 0 Å². The summed E-state index contributed by atoms with van der Waals surface area (Å²) in [6.07, 6.45) is 0. The number of rotatable bonds is 3. The van der Waals surface area contributed by atoms with E-state index in [9.17, 15) is 32.5 Å². The molecule has 3 aromatic carbocycles. The monoisotopic (exact) mass is 411 g/mol. The molecule has 9 heteroatoms. The number of carbonyl (C=O) groups excluding carboxylic acids is 3. The van der Waals surface area contributed by atoms with Crippen molar-refractivity contribution < 1.29 is 32.5 Å². The van der Waals surface area contributed by atoms with Crippen LogP contribution in [0.5, 0.6) is 5.75 Å². The first kappa shape index (κ1) is 18.8. The molecule has 8 nitrogen and oxygen atoms in total. The van der Waals surface area contributed by atoms with Crippen LogP contribution in [0.15, 0.2) is 48.5 Å². The lowest BCUT2D eigenvalue weighted by Gasteiger charge is -2.25. The third-order valence-corrected chi connectivity index (χ3v) is 5.98. The van der Waals surface area contributed by atoms with Gasteiger partial charge in [0.05, 0.1) is 5.56 Å². The van der Waals surface area contributed by atoms with Crippen molar-refractivity contribution in [1.29, 1.82) is 0 Å². The van der Waals surface area contributed by atoms with Gasteiger partial charge in [0.15, 0.2) is 16.8 Å². The maximum Gasteiger partial charge on any atom is 0.281 e. The van der Waals surface area contributed by atoms with Crippen LogP contribution in [0.3, 0.4) is 0 Å². The maximum absolute atomic E-state index is 13.2. The molecular weight excluding hydrogens is 398 g/mol. The molecule has 146 valence electrons. The van der Waals surface area contributed by atoms with Crippen LogP contribution in [0.4, 0.5) is 0 Å². The number of phenolic OH excluding ortho intramolecular Hbond substituents is 1. The number of hydrogen-bond donors (Lipinski definition) is 3. The van der Waals surface area contributed by atoms with Gasteiger partial charge in [0, 0.05) is 27.6 Å². The Morgan fingerprint density at radius 3 is 1.86 bits per heavy atom. The second-order valence-corrected chi connectivity index (χ2v) is 8.06. The van der Waals surface area contributed by atoms with Gasteiger partial charge < -0.3 is 10.8 Å². The number of aromatic hydroxyl groups is 1. The molecule has 0 heterocycles. The number of fused-ring (bicyclic) bond motifs is 3. The second kappa shape index (κ2) is 6.23. The SMILES string of the molecule is NC(=O)C(c1c2c(c(O)c3ccccc13)C(=O)c1ccccc1C2=O)S(=O)(=O)O. The first-order valence-electron chi connectivity index (χ1n) is 8.36. The molecule has 29 heavy (non-hydrogen) atoms. The molecule has 0 fully saturated rings. The van der Waals surface area contributed by atoms with E-state index in [1.165, 1.54) is 42.5 Å². The summed E-state index contributed by atoms with van der Waals surface area (Å²) >= 11 is 0. The molecule has 3 aromatic rings. The predicted molar refractivity (Wildman–Crippen MR) is 102 cm³/mol. The molecule has 1 unspecified atom stereocenters. The number of phenols is 1. The summed E-state index contributed by atoms with van der Waals surface area (Å²) in [6, 6.07) is 11.6. The highest BCUT2D eigenvalue weighted by Gasteiger charge is 2.42. The average molecular weight is 411 g/mol. The Balaban J connectivity index is 2.26. The number of primary amides is 1. The van der Waals surface area contributed by atoms with E-state index < -0.39 is 55.3 Å². The van der Waals surface area contributed by atoms with Gasteiger partial charge in [0.1, 0.15) is 5.75 Å². The quantitative estimate of drug-likeness (QED) is 0.434. The lowest BCUT2D eigenvalue weighted by Crippen LogP contribution is -2.32. The fourth-order valence-corrected chi connectivity index (χ4v) is 4.60. The Bertz CT molecular complexity index is 1360. The van der Waals surface area contributed by atoms with Crippen LogP contribution < -0.4 is 5.73 Å². The average Bonchev–Trinajstić information content (AvgIpc) is 2.66. The van der Waals surface area contributed by atoms with Crippen molar-refractivity contribution in [1.82, 2.24) is 0 Å². The third kappa shape index (κ3) is 2.63. The minimum Gasteiger partial charge on any atom is -0.507 e. The summed E-state index contributed by atoms with van der Waals surface area (Å²) in [4.78, 5) is 38.3. The molecule has 0 saturated heterocycles. The van der Waals surface area contributed by atoms with E-state index in [0.29, 0.717) is 0 Å². The van der Waals surface area contributed by atoms with E-state index in [4.69, 9.17) is 5.73 Å². The molecule has 4 rings (SSSR count). The Hall–Kier alpha value is -3.56. The lowest BCUT2D eigenvalue weighted by molar-refractivity contribution is -0.117. The van der Waals surface area contributed by atoms with E-state index in [-0.39, 0.29) is 21.9 Å². The van der Waals surface area contributed by atoms with Gasteiger partial charge in [-0.15, -0.1) is 0 Å². The van der Waals surface area contributed by atoms with Crippen molar-refractivity contribution >= 4 is 38.4 Å². The Morgan fingerprint density at radius 2 is 1.34 bits per heavy atom. The maximum atomic E-state index is 13.2. The summed E-state index contributed by atoms with van der Waals surface area (Å²) < 4.78 is 33.7. The van der Waals surface area contributed by atoms with E-state index in [0.717, 1.165) is 0 Å². The Morgan fingerprint density at radius 1 is 0.862 bits per heavy atom. The van der Waals surface area contributed by atoms with Crippen LogP contribution in [0.1, 0.15) is 42.7 Å². The summed E-state index contributed by atoms with van der Waals surface area (Å²) in [5, 5.41) is 8.50. The van der Waals surface area contributed by atoms with Crippen LogP contribution in [0, 0.1) is 0 Å². The fraction of sp³-hybridized carbons (Fsp3) is 0.0500. The van der Waals surface area contributed by atoms with Gasteiger partial charge in [-0.25, -0.2) is 0 Å². The van der Waals surface area contributed by atoms with Gasteiger partial charge in [-0.2, -0.15) is 8.42 Å². The van der Waals surface area contributed by atoms with E-state index in [2.05, 4.69) is 0 Å². The highest BCUT2D eigenvalue weighted by atomic mass is 32.2. The van der Waals surface area contributed by atoms with E-state index in [1.807, 2.05) is 0 Å². The van der Waals surface area contributed by atoms with Gasteiger partial charge in [0.2, 0.25) is 5.91 Å². The molecule has 0 aromatic heterocycles. The first-order chi connectivity index (χ1) is 13.6. The number of nitrogens with two attached hydrogens (primary N) is 1. The summed E-state index contributed by atoms with van der Waals surface area (Å²) in [6.45, 7) is 0. The molecule has 1 aliphatic rings. The minimum atomic E-state index is -5.09. The standard InChI is InChI=1S/C20H13NO7S/c21-20(25)19(29(26,27)28)13-9-5-1-2-6-10(9)17(23)15-14(13)16(22)11-7-3-4-8-12(11)18(15)24/h1-8,19,23H,(H2,21,25)(H,26,27,28). The normalized spacial score (nSPS) is 14.4. The van der Waals surface area contributed by atoms with Crippen LogP contribution in [-0.4, -0.2) is 35.6 Å². The van der Waals surface area contributed by atoms with Crippen LogP contribution in [0.25, 0.3) is 10.8 Å². The van der Waals surface area contributed by atoms with Crippen molar-refractivity contribution in [3.05, 3.63) is 76.3 Å². The van der Waals surface area contributed by atoms with E-state index in [1.54, 1.807) is 6.07 Å². The zero-order valence-corrected chi connectivity index (χ0v) is 15.4. The smallest absolute Gasteiger partial charge is 0.281 e. The minimum absolute atomic E-state index is 0.00528. The highest BCUT2D eigenvalue weighted by Crippen LogP contribution is 2.44. The summed E-state index contributed by atoms with van der Waals surface area (Å²) in [5.74, 6) is -3.42. The van der Waals surface area contributed by atoms with Gasteiger partial charge in [0.25, 0.3) is 10.1 Å². The fourth-order valence-electron chi connectivity index (χ4n) is 3.76. The second-order valence-electron chi connectivity index (χ2n) is 6.56. The number of ketones is 2. The Labute approximate surface area is 164 Å². The predicted octanol–water partition coefficient (Wildman–Crippen LogP) is 1.74. The van der Waals surface area contributed by atoms with Crippen LogP contribution >= 0.6 is 0 Å². The van der Waals surface area contributed by atoms with Gasteiger partial charge in [-0.3, -0.25) is 18.9 Å². The molecule has 1 amide bonds. The molecule has 1 atom stereocenters. The zero-order chi connectivity index (χ0) is 21.1. The number of carbonyl (C=O) groups is 3. The van der Waals surface area contributed by atoms with Crippen molar-refractivity contribution in [3.8, 4) is 5.75 Å². The molecule has 4 N–H and O–H groups in total. The van der Waals surface area contributed by atoms with Crippen molar-refractivity contribution in [2.24, 2.45) is 5.73 Å². The highest BCUT2D eigenvalue weighted by molar-refractivity contribution is 7.86.